The second-order valence-corrected chi connectivity index (χ2v) is 8.21. The topological polar surface area (TPSA) is 98.7 Å². The molecular weight excluding hydrogens is 418 g/mol. The number of carboxylic acids is 1. The fourth-order valence-corrected chi connectivity index (χ4v) is 3.55. The number of hydrogen-bond donors (Lipinski definition) is 3. The quantitative estimate of drug-likeness (QED) is 0.455. The van der Waals surface area contributed by atoms with Crippen molar-refractivity contribution in [1.29, 1.82) is 0 Å². The van der Waals surface area contributed by atoms with Gasteiger partial charge in [0, 0.05) is 6.54 Å². The minimum atomic E-state index is -1.04. The number of benzene rings is 2. The van der Waals surface area contributed by atoms with Crippen LogP contribution in [0.4, 0.5) is 10.5 Å². The van der Waals surface area contributed by atoms with Gasteiger partial charge in [0.15, 0.2) is 0 Å². The van der Waals surface area contributed by atoms with E-state index in [1.807, 2.05) is 56.3 Å². The summed E-state index contributed by atoms with van der Waals surface area (Å²) < 4.78 is 0. The van der Waals surface area contributed by atoms with E-state index in [0.29, 0.717) is 18.7 Å². The van der Waals surface area contributed by atoms with Crippen LogP contribution in [0.15, 0.2) is 66.7 Å². The third-order valence-corrected chi connectivity index (χ3v) is 5.13. The summed E-state index contributed by atoms with van der Waals surface area (Å²) in [7, 11) is 0. The minimum Gasteiger partial charge on any atom is -0.481 e. The van der Waals surface area contributed by atoms with Crippen LogP contribution in [-0.4, -0.2) is 29.6 Å². The predicted octanol–water partition coefficient (Wildman–Crippen LogP) is 4.72. The van der Waals surface area contributed by atoms with Gasteiger partial charge >= 0.3 is 12.0 Å². The molecule has 33 heavy (non-hydrogen) atoms. The van der Waals surface area contributed by atoms with Gasteiger partial charge in [0.2, 0.25) is 5.91 Å². The van der Waals surface area contributed by atoms with Crippen molar-refractivity contribution in [2.24, 2.45) is 17.8 Å². The van der Waals surface area contributed by atoms with Gasteiger partial charge in [-0.3, -0.25) is 15.0 Å². The fraction of sp³-hybridized carbons (Fsp3) is 0.346. The summed E-state index contributed by atoms with van der Waals surface area (Å²) in [4.78, 5) is 38.1. The van der Waals surface area contributed by atoms with Gasteiger partial charge in [0.05, 0.1) is 17.5 Å². The van der Waals surface area contributed by atoms with Crippen LogP contribution < -0.4 is 15.8 Å². The first-order valence-corrected chi connectivity index (χ1v) is 11.2. The van der Waals surface area contributed by atoms with Gasteiger partial charge in [-0.05, 0) is 43.4 Å². The monoisotopic (exact) mass is 451 g/mol. The summed E-state index contributed by atoms with van der Waals surface area (Å²) in [5, 5.41) is 13.8. The van der Waals surface area contributed by atoms with E-state index >= 15 is 0 Å². The number of rotatable bonds is 10. The number of para-hydroxylation sites is 1. The Kier molecular flexibility index (Phi) is 10.1. The highest BCUT2D eigenvalue weighted by Crippen LogP contribution is 2.26. The molecule has 0 radical (unpaired) electrons. The average Bonchev–Trinajstić information content (AvgIpc) is 2.80. The Morgan fingerprint density at radius 1 is 0.970 bits per heavy atom. The first-order valence-electron chi connectivity index (χ1n) is 11.2. The maximum atomic E-state index is 13.3. The van der Waals surface area contributed by atoms with Crippen molar-refractivity contribution in [1.82, 2.24) is 10.7 Å². The molecule has 2 atom stereocenters. The molecule has 0 aliphatic carbocycles. The molecule has 7 heteroatoms. The Hall–Kier alpha value is -3.61. The van der Waals surface area contributed by atoms with Crippen molar-refractivity contribution in [3.05, 3.63) is 72.3 Å². The van der Waals surface area contributed by atoms with Crippen LogP contribution in [0, 0.1) is 17.8 Å². The van der Waals surface area contributed by atoms with Gasteiger partial charge < -0.3 is 10.4 Å². The molecule has 3 amide bonds. The van der Waals surface area contributed by atoms with E-state index in [0.717, 1.165) is 10.6 Å². The lowest BCUT2D eigenvalue weighted by Crippen LogP contribution is -2.54. The molecule has 0 fully saturated rings. The Bertz CT molecular complexity index is 929. The third-order valence-electron chi connectivity index (χ3n) is 5.13. The molecule has 0 unspecified atom stereocenters. The van der Waals surface area contributed by atoms with E-state index in [1.165, 1.54) is 0 Å². The standard InChI is InChI=1S/C26H33N3O4/c1-4-27-26(33)29(21-15-9-6-10-16-21)28-24(30)23(18-19(2)3)22(25(31)32)17-11-14-20-12-7-5-8-13-20/h5-16,19,22-23H,4,17-18H2,1-3H3,(H,27,33)(H,28,30)(H,31,32)/t22-,23-/m0/s1. The van der Waals surface area contributed by atoms with Crippen LogP contribution in [0.25, 0.3) is 6.08 Å². The number of carbonyl (C=O) groups is 3. The first kappa shape index (κ1) is 25.6. The molecule has 0 aromatic heterocycles. The van der Waals surface area contributed by atoms with E-state index in [4.69, 9.17) is 0 Å². The van der Waals surface area contributed by atoms with Gasteiger partial charge in [-0.15, -0.1) is 0 Å². The number of nitrogens with zero attached hydrogens (tertiary/aromatic N) is 1. The van der Waals surface area contributed by atoms with E-state index in [-0.39, 0.29) is 12.3 Å². The molecule has 0 spiro atoms. The molecule has 7 nitrogen and oxygen atoms in total. The number of hydrogen-bond acceptors (Lipinski definition) is 3. The molecule has 0 saturated heterocycles. The van der Waals surface area contributed by atoms with Crippen LogP contribution in [0.5, 0.6) is 0 Å². The number of carbonyl (C=O) groups excluding carboxylic acids is 2. The lowest BCUT2D eigenvalue weighted by molar-refractivity contribution is -0.147. The van der Waals surface area contributed by atoms with Crippen LogP contribution in [0.1, 0.15) is 39.2 Å². The Morgan fingerprint density at radius 3 is 2.12 bits per heavy atom. The Labute approximate surface area is 195 Å². The largest absolute Gasteiger partial charge is 0.481 e. The van der Waals surface area contributed by atoms with Gasteiger partial charge in [0.25, 0.3) is 0 Å². The first-order chi connectivity index (χ1) is 15.8. The minimum absolute atomic E-state index is 0.0929. The maximum Gasteiger partial charge on any atom is 0.340 e. The molecule has 0 aliphatic rings. The summed E-state index contributed by atoms with van der Waals surface area (Å²) in [5.74, 6) is -3.20. The molecule has 2 aromatic carbocycles. The van der Waals surface area contributed by atoms with E-state index in [1.54, 1.807) is 37.3 Å². The molecule has 176 valence electrons. The van der Waals surface area contributed by atoms with Gasteiger partial charge in [-0.25, -0.2) is 9.80 Å². The number of aliphatic carboxylic acids is 1. The third kappa shape index (κ3) is 8.11. The zero-order valence-corrected chi connectivity index (χ0v) is 19.4. The summed E-state index contributed by atoms with van der Waals surface area (Å²) in [6.45, 7) is 6.05. The lowest BCUT2D eigenvalue weighted by Gasteiger charge is -2.29. The van der Waals surface area contributed by atoms with Crippen LogP contribution in [0.3, 0.4) is 0 Å². The molecule has 0 bridgehead atoms. The van der Waals surface area contributed by atoms with Crippen molar-refractivity contribution in [3.63, 3.8) is 0 Å². The smallest absolute Gasteiger partial charge is 0.340 e. The van der Waals surface area contributed by atoms with Crippen molar-refractivity contribution >= 4 is 29.7 Å². The highest BCUT2D eigenvalue weighted by Gasteiger charge is 2.35. The average molecular weight is 452 g/mol. The number of hydrazine groups is 1. The Morgan fingerprint density at radius 2 is 1.58 bits per heavy atom. The zero-order valence-electron chi connectivity index (χ0n) is 19.4. The number of urea groups is 1. The van der Waals surface area contributed by atoms with Crippen LogP contribution >= 0.6 is 0 Å². The number of allylic oxidation sites excluding steroid dienone is 1. The summed E-state index contributed by atoms with van der Waals surface area (Å²) >= 11 is 0. The van der Waals surface area contributed by atoms with Gasteiger partial charge in [0.1, 0.15) is 0 Å². The van der Waals surface area contributed by atoms with Crippen molar-refractivity contribution < 1.29 is 19.5 Å². The molecular formula is C26H33N3O4. The summed E-state index contributed by atoms with van der Waals surface area (Å²) in [6, 6.07) is 17.8. The highest BCUT2D eigenvalue weighted by atomic mass is 16.4. The summed E-state index contributed by atoms with van der Waals surface area (Å²) in [5.41, 5.74) is 4.10. The highest BCUT2D eigenvalue weighted by molar-refractivity contribution is 5.96. The normalized spacial score (nSPS) is 12.8. The summed E-state index contributed by atoms with van der Waals surface area (Å²) in [6.07, 6.45) is 4.21. The fourth-order valence-electron chi connectivity index (χ4n) is 3.55. The molecule has 3 N–H and O–H groups in total. The zero-order chi connectivity index (χ0) is 24.2. The van der Waals surface area contributed by atoms with E-state index < -0.39 is 29.7 Å². The number of amides is 3. The van der Waals surface area contributed by atoms with E-state index in [9.17, 15) is 19.5 Å². The van der Waals surface area contributed by atoms with Crippen LogP contribution in [-0.2, 0) is 9.59 Å². The number of nitrogens with one attached hydrogen (secondary N) is 2. The number of anilines is 1. The molecule has 0 saturated carbocycles. The van der Waals surface area contributed by atoms with Crippen molar-refractivity contribution in [2.45, 2.75) is 33.6 Å². The molecule has 2 aromatic rings. The van der Waals surface area contributed by atoms with Gasteiger partial charge in [-0.2, -0.15) is 0 Å². The second-order valence-electron chi connectivity index (χ2n) is 8.21. The molecule has 2 rings (SSSR count). The second kappa shape index (κ2) is 13.1. The van der Waals surface area contributed by atoms with E-state index in [2.05, 4.69) is 10.7 Å². The van der Waals surface area contributed by atoms with Gasteiger partial charge in [-0.1, -0.05) is 74.5 Å². The lowest BCUT2D eigenvalue weighted by atomic mass is 9.82. The van der Waals surface area contributed by atoms with Crippen molar-refractivity contribution in [3.8, 4) is 0 Å². The van der Waals surface area contributed by atoms with Crippen LogP contribution in [0.2, 0.25) is 0 Å². The number of carboxylic acid groups (broad SMARTS) is 1. The Balaban J connectivity index is 2.26. The SMILES string of the molecule is CCNC(=O)N(NC(=O)[C@@H](CC(C)C)[C@H](CC=Cc1ccccc1)C(=O)O)c1ccccc1. The van der Waals surface area contributed by atoms with Crippen molar-refractivity contribution in [2.75, 3.05) is 11.6 Å². The maximum absolute atomic E-state index is 13.3. The molecule has 0 heterocycles. The predicted molar refractivity (Wildman–Crippen MR) is 130 cm³/mol. The molecule has 0 aliphatic heterocycles.